The Morgan fingerprint density at radius 1 is 1.37 bits per heavy atom. The molecule has 0 saturated heterocycles. The van der Waals surface area contributed by atoms with E-state index >= 15 is 0 Å². The highest BCUT2D eigenvalue weighted by Gasteiger charge is 2.10. The topological polar surface area (TPSA) is 94.6 Å². The minimum atomic E-state index is 0.602. The van der Waals surface area contributed by atoms with Crippen LogP contribution in [0.25, 0.3) is 0 Å². The lowest BCUT2D eigenvalue weighted by molar-refractivity contribution is 0.378. The van der Waals surface area contributed by atoms with Gasteiger partial charge < -0.3 is 9.84 Å². The summed E-state index contributed by atoms with van der Waals surface area (Å²) in [5.74, 6) is 1.93. The van der Waals surface area contributed by atoms with Crippen molar-refractivity contribution in [1.82, 2.24) is 35.7 Å². The molecular weight excluding hydrogens is 266 g/mol. The highest BCUT2D eigenvalue weighted by Crippen LogP contribution is 2.18. The Balaban J connectivity index is 1.86. The number of nitrogens with one attached hydrogen (secondary N) is 1. The number of rotatable bonds is 8. The molecule has 0 amide bonds. The average Bonchev–Trinajstić information content (AvgIpc) is 3.05. The molecule has 9 heteroatoms. The largest absolute Gasteiger partial charge is 0.339 e. The van der Waals surface area contributed by atoms with Crippen molar-refractivity contribution in [3.05, 3.63) is 11.7 Å². The molecule has 0 atom stereocenters. The van der Waals surface area contributed by atoms with E-state index in [1.807, 2.05) is 6.92 Å². The van der Waals surface area contributed by atoms with Gasteiger partial charge in [-0.15, -0.1) is 5.10 Å². The summed E-state index contributed by atoms with van der Waals surface area (Å²) in [4.78, 5) is 4.24. The Morgan fingerprint density at radius 3 is 3.00 bits per heavy atom. The van der Waals surface area contributed by atoms with Gasteiger partial charge in [-0.1, -0.05) is 30.8 Å². The molecule has 2 aromatic rings. The summed E-state index contributed by atoms with van der Waals surface area (Å²) in [5, 5.41) is 19.5. The molecule has 1 N–H and O–H groups in total. The first-order chi connectivity index (χ1) is 9.33. The van der Waals surface area contributed by atoms with Gasteiger partial charge in [-0.2, -0.15) is 4.98 Å². The molecule has 0 fully saturated rings. The van der Waals surface area contributed by atoms with Crippen molar-refractivity contribution in [2.75, 3.05) is 13.1 Å². The fraction of sp³-hybridized carbons (Fsp3) is 0.700. The van der Waals surface area contributed by atoms with Crippen molar-refractivity contribution in [2.45, 2.75) is 37.7 Å². The lowest BCUT2D eigenvalue weighted by atomic mass is 10.5. The van der Waals surface area contributed by atoms with Crippen LogP contribution in [-0.2, 0) is 18.7 Å². The van der Waals surface area contributed by atoms with Crippen LogP contribution in [0, 0.1) is 0 Å². The van der Waals surface area contributed by atoms with E-state index in [2.05, 4.69) is 37.9 Å². The van der Waals surface area contributed by atoms with Crippen molar-refractivity contribution >= 4 is 11.8 Å². The molecule has 2 rings (SSSR count). The van der Waals surface area contributed by atoms with Crippen LogP contribution in [0.4, 0.5) is 0 Å². The maximum Gasteiger partial charge on any atom is 0.226 e. The van der Waals surface area contributed by atoms with Crippen molar-refractivity contribution < 1.29 is 4.52 Å². The summed E-state index contributed by atoms with van der Waals surface area (Å²) in [6, 6.07) is 0. The van der Waals surface area contributed by atoms with Gasteiger partial charge in [0.1, 0.15) is 0 Å². The Hall–Kier alpha value is -1.48. The normalized spacial score (nSPS) is 11.1. The Morgan fingerprint density at radius 2 is 2.26 bits per heavy atom. The fourth-order valence-corrected chi connectivity index (χ4v) is 2.17. The van der Waals surface area contributed by atoms with E-state index in [0.29, 0.717) is 17.5 Å². The van der Waals surface area contributed by atoms with Crippen molar-refractivity contribution in [3.8, 4) is 0 Å². The molecule has 19 heavy (non-hydrogen) atoms. The first-order valence-corrected chi connectivity index (χ1v) is 7.23. The maximum atomic E-state index is 5.05. The van der Waals surface area contributed by atoms with Gasteiger partial charge in [-0.25, -0.2) is 4.68 Å². The summed E-state index contributed by atoms with van der Waals surface area (Å²) in [7, 11) is 0. The number of tetrazole rings is 1. The molecule has 2 aromatic heterocycles. The van der Waals surface area contributed by atoms with Gasteiger partial charge in [-0.05, 0) is 17.0 Å². The molecule has 2 heterocycles. The van der Waals surface area contributed by atoms with Crippen LogP contribution in [0.2, 0.25) is 0 Å². The molecule has 0 spiro atoms. The van der Waals surface area contributed by atoms with E-state index in [0.717, 1.165) is 31.2 Å². The maximum absolute atomic E-state index is 5.05. The monoisotopic (exact) mass is 283 g/mol. The highest BCUT2D eigenvalue weighted by molar-refractivity contribution is 7.98. The fourth-order valence-electron chi connectivity index (χ4n) is 1.42. The van der Waals surface area contributed by atoms with Crippen LogP contribution < -0.4 is 5.32 Å². The van der Waals surface area contributed by atoms with E-state index in [-0.39, 0.29) is 0 Å². The second kappa shape index (κ2) is 7.19. The van der Waals surface area contributed by atoms with Crippen LogP contribution in [0.15, 0.2) is 9.68 Å². The van der Waals surface area contributed by atoms with Crippen LogP contribution >= 0.6 is 11.8 Å². The summed E-state index contributed by atoms with van der Waals surface area (Å²) < 4.78 is 6.82. The van der Waals surface area contributed by atoms with E-state index in [4.69, 9.17) is 4.52 Å². The second-order valence-corrected chi connectivity index (χ2v) is 4.73. The standard InChI is InChI=1S/C10H17N7OS/c1-3-9-12-8(14-18-9)7-19-10-13-15-16-17(10)6-5-11-4-2/h11H,3-7H2,1-2H3. The van der Waals surface area contributed by atoms with Gasteiger partial charge in [0, 0.05) is 13.0 Å². The molecule has 0 aromatic carbocycles. The van der Waals surface area contributed by atoms with E-state index in [9.17, 15) is 0 Å². The van der Waals surface area contributed by atoms with E-state index in [1.165, 1.54) is 11.8 Å². The average molecular weight is 283 g/mol. The molecular formula is C10H17N7OS. The molecule has 8 nitrogen and oxygen atoms in total. The third-order valence-electron chi connectivity index (χ3n) is 2.39. The third kappa shape index (κ3) is 4.00. The van der Waals surface area contributed by atoms with Gasteiger partial charge in [0.15, 0.2) is 5.82 Å². The van der Waals surface area contributed by atoms with Gasteiger partial charge in [-0.3, -0.25) is 0 Å². The van der Waals surface area contributed by atoms with Crippen LogP contribution in [-0.4, -0.2) is 43.4 Å². The van der Waals surface area contributed by atoms with E-state index < -0.39 is 0 Å². The summed E-state index contributed by atoms with van der Waals surface area (Å²) in [5.41, 5.74) is 0. The molecule has 0 unspecified atom stereocenters. The quantitative estimate of drug-likeness (QED) is 0.553. The number of likely N-dealkylation sites (N-methyl/N-ethyl adjacent to an activating group) is 1. The highest BCUT2D eigenvalue weighted by atomic mass is 32.2. The van der Waals surface area contributed by atoms with Gasteiger partial charge in [0.2, 0.25) is 11.0 Å². The molecule has 104 valence electrons. The van der Waals surface area contributed by atoms with Crippen molar-refractivity contribution in [2.24, 2.45) is 0 Å². The van der Waals surface area contributed by atoms with Crippen molar-refractivity contribution in [3.63, 3.8) is 0 Å². The Kier molecular flexibility index (Phi) is 5.28. The predicted molar refractivity (Wildman–Crippen MR) is 69.6 cm³/mol. The van der Waals surface area contributed by atoms with Gasteiger partial charge in [0.25, 0.3) is 0 Å². The van der Waals surface area contributed by atoms with Crippen LogP contribution in [0.3, 0.4) is 0 Å². The van der Waals surface area contributed by atoms with Gasteiger partial charge >= 0.3 is 0 Å². The third-order valence-corrected chi connectivity index (χ3v) is 3.35. The first kappa shape index (κ1) is 13.9. The van der Waals surface area contributed by atoms with Gasteiger partial charge in [0.05, 0.1) is 12.3 Å². The number of hydrogen-bond donors (Lipinski definition) is 1. The second-order valence-electron chi connectivity index (χ2n) is 3.78. The number of thioether (sulfide) groups is 1. The molecule has 0 aliphatic heterocycles. The lowest BCUT2D eigenvalue weighted by Crippen LogP contribution is -2.20. The van der Waals surface area contributed by atoms with Crippen molar-refractivity contribution in [1.29, 1.82) is 0 Å². The molecule has 0 saturated carbocycles. The summed E-state index contributed by atoms with van der Waals surface area (Å²) in [6.07, 6.45) is 0.748. The molecule has 0 aliphatic rings. The number of nitrogens with zero attached hydrogens (tertiary/aromatic N) is 6. The van der Waals surface area contributed by atoms with Crippen LogP contribution in [0.5, 0.6) is 0 Å². The van der Waals surface area contributed by atoms with Crippen LogP contribution in [0.1, 0.15) is 25.6 Å². The van der Waals surface area contributed by atoms with E-state index in [1.54, 1.807) is 4.68 Å². The Labute approximate surface area is 115 Å². The zero-order chi connectivity index (χ0) is 13.5. The number of aromatic nitrogens is 6. The zero-order valence-corrected chi connectivity index (χ0v) is 11.9. The SMILES string of the molecule is CCNCCn1nnnc1SCc1noc(CC)n1. The molecule has 0 bridgehead atoms. The summed E-state index contributed by atoms with van der Waals surface area (Å²) in [6.45, 7) is 6.57. The minimum Gasteiger partial charge on any atom is -0.339 e. The predicted octanol–water partition coefficient (Wildman–Crippen LogP) is 0.520. The Bertz CT molecular complexity index is 498. The number of aryl methyl sites for hydroxylation is 1. The summed E-state index contributed by atoms with van der Waals surface area (Å²) >= 11 is 1.50. The lowest BCUT2D eigenvalue weighted by Gasteiger charge is -2.03. The first-order valence-electron chi connectivity index (χ1n) is 6.24. The zero-order valence-electron chi connectivity index (χ0n) is 11.0. The smallest absolute Gasteiger partial charge is 0.226 e. The molecule has 0 radical (unpaired) electrons. The minimum absolute atomic E-state index is 0.602. The molecule has 0 aliphatic carbocycles. The number of hydrogen-bond acceptors (Lipinski definition) is 8.